The van der Waals surface area contributed by atoms with Gasteiger partial charge in [0.05, 0.1) is 6.04 Å². The molecule has 2 nitrogen and oxygen atoms in total. The average Bonchev–Trinajstić information content (AvgIpc) is 2.34. The first-order valence-corrected chi connectivity index (χ1v) is 7.42. The molecule has 2 heteroatoms. The van der Waals surface area contributed by atoms with Gasteiger partial charge in [-0.1, -0.05) is 71.6 Å². The van der Waals surface area contributed by atoms with E-state index in [0.717, 1.165) is 12.8 Å². The number of aliphatic imine (C=N–C) groups is 1. The van der Waals surface area contributed by atoms with Crippen LogP contribution in [0, 0.1) is 0 Å². The molecule has 0 saturated carbocycles. The Morgan fingerprint density at radius 2 is 1.29 bits per heavy atom. The second kappa shape index (κ2) is 13.4. The lowest BCUT2D eigenvalue weighted by Crippen LogP contribution is -2.04. The lowest BCUT2D eigenvalue weighted by Gasteiger charge is -2.10. The van der Waals surface area contributed by atoms with Crippen molar-refractivity contribution >= 4 is 6.08 Å². The Kier molecular flexibility index (Phi) is 13.0. The predicted molar refractivity (Wildman–Crippen MR) is 74.0 cm³/mol. The highest BCUT2D eigenvalue weighted by Crippen LogP contribution is 2.15. The number of isocyanates is 1. The highest BCUT2D eigenvalue weighted by atomic mass is 16.1. The van der Waals surface area contributed by atoms with E-state index in [1.165, 1.54) is 57.8 Å². The van der Waals surface area contributed by atoms with Gasteiger partial charge in [-0.2, -0.15) is 0 Å². The Morgan fingerprint density at radius 1 is 0.824 bits per heavy atom. The third kappa shape index (κ3) is 11.6. The summed E-state index contributed by atoms with van der Waals surface area (Å²) in [6.07, 6.45) is 15.4. The van der Waals surface area contributed by atoms with Crippen molar-refractivity contribution in [3.63, 3.8) is 0 Å². The minimum Gasteiger partial charge on any atom is -0.211 e. The van der Waals surface area contributed by atoms with E-state index in [4.69, 9.17) is 0 Å². The maximum atomic E-state index is 10.3. The van der Waals surface area contributed by atoms with Crippen LogP contribution < -0.4 is 0 Å². The van der Waals surface area contributed by atoms with E-state index < -0.39 is 0 Å². The monoisotopic (exact) mass is 239 g/mol. The summed E-state index contributed by atoms with van der Waals surface area (Å²) in [5, 5.41) is 0. The van der Waals surface area contributed by atoms with Crippen molar-refractivity contribution in [3.8, 4) is 0 Å². The molecule has 0 aliphatic rings. The number of unbranched alkanes of at least 4 members (excludes halogenated alkanes) is 7. The molecule has 0 bridgehead atoms. The molecule has 0 N–H and O–H groups in total. The van der Waals surface area contributed by atoms with Crippen molar-refractivity contribution in [1.82, 2.24) is 0 Å². The lowest BCUT2D eigenvalue weighted by molar-refractivity contribution is 0.485. The quantitative estimate of drug-likeness (QED) is 0.267. The Balaban J connectivity index is 3.56. The fraction of sp³-hybridized carbons (Fsp3) is 0.933. The fourth-order valence-corrected chi connectivity index (χ4v) is 2.14. The van der Waals surface area contributed by atoms with Crippen LogP contribution >= 0.6 is 0 Å². The molecule has 0 aromatic heterocycles. The molecule has 0 aromatic rings. The van der Waals surface area contributed by atoms with Gasteiger partial charge in [-0.15, -0.1) is 0 Å². The molecule has 0 saturated heterocycles. The minimum atomic E-state index is 0.242. The Morgan fingerprint density at radius 3 is 1.76 bits per heavy atom. The molecule has 0 radical (unpaired) electrons. The first-order chi connectivity index (χ1) is 8.35. The van der Waals surface area contributed by atoms with Gasteiger partial charge in [0, 0.05) is 0 Å². The molecule has 0 rings (SSSR count). The van der Waals surface area contributed by atoms with Gasteiger partial charge in [0.2, 0.25) is 6.08 Å². The van der Waals surface area contributed by atoms with Crippen molar-refractivity contribution < 1.29 is 4.79 Å². The van der Waals surface area contributed by atoms with Gasteiger partial charge < -0.3 is 0 Å². The zero-order valence-electron chi connectivity index (χ0n) is 11.7. The van der Waals surface area contributed by atoms with E-state index in [-0.39, 0.29) is 6.04 Å². The third-order valence-electron chi connectivity index (χ3n) is 3.27. The Bertz CT molecular complexity index is 197. The van der Waals surface area contributed by atoms with Crippen LogP contribution in [0.5, 0.6) is 0 Å². The number of hydrogen-bond donors (Lipinski definition) is 0. The molecule has 0 heterocycles. The molecule has 0 fully saturated rings. The summed E-state index contributed by atoms with van der Waals surface area (Å²) in [5.41, 5.74) is 0. The van der Waals surface area contributed by atoms with Crippen LogP contribution in [0.15, 0.2) is 4.99 Å². The predicted octanol–water partition coefficient (Wildman–Crippen LogP) is 5.02. The van der Waals surface area contributed by atoms with Gasteiger partial charge in [-0.25, -0.2) is 9.79 Å². The molecule has 17 heavy (non-hydrogen) atoms. The smallest absolute Gasteiger partial charge is 0.211 e. The van der Waals surface area contributed by atoms with Crippen molar-refractivity contribution in [3.05, 3.63) is 0 Å². The molecule has 100 valence electrons. The minimum absolute atomic E-state index is 0.242. The summed E-state index contributed by atoms with van der Waals surface area (Å²) < 4.78 is 0. The standard InChI is InChI=1S/C15H29NO/c1-3-5-7-9-11-13-15(16-14-17)12-10-8-6-4-2/h15H,3-13H2,1-2H3. The van der Waals surface area contributed by atoms with E-state index in [0.29, 0.717) is 0 Å². The lowest BCUT2D eigenvalue weighted by atomic mass is 10.0. The largest absolute Gasteiger partial charge is 0.235 e. The van der Waals surface area contributed by atoms with Crippen LogP contribution in [-0.2, 0) is 4.79 Å². The molecular weight excluding hydrogens is 210 g/mol. The summed E-state index contributed by atoms with van der Waals surface area (Å²) in [7, 11) is 0. The summed E-state index contributed by atoms with van der Waals surface area (Å²) in [5.74, 6) is 0. The van der Waals surface area contributed by atoms with Gasteiger partial charge in [0.15, 0.2) is 0 Å². The number of hydrogen-bond acceptors (Lipinski definition) is 2. The summed E-state index contributed by atoms with van der Waals surface area (Å²) in [6, 6.07) is 0.242. The van der Waals surface area contributed by atoms with Crippen molar-refractivity contribution in [2.75, 3.05) is 0 Å². The maximum Gasteiger partial charge on any atom is 0.235 e. The van der Waals surface area contributed by atoms with Gasteiger partial charge in [-0.05, 0) is 12.8 Å². The van der Waals surface area contributed by atoms with E-state index in [1.54, 1.807) is 6.08 Å². The van der Waals surface area contributed by atoms with Crippen LogP contribution in [0.1, 0.15) is 84.5 Å². The third-order valence-corrected chi connectivity index (χ3v) is 3.27. The van der Waals surface area contributed by atoms with Gasteiger partial charge in [0.1, 0.15) is 0 Å². The molecule has 0 spiro atoms. The first-order valence-electron chi connectivity index (χ1n) is 7.42. The number of rotatable bonds is 12. The van der Waals surface area contributed by atoms with Crippen LogP contribution in [0.4, 0.5) is 0 Å². The first kappa shape index (κ1) is 16.4. The highest BCUT2D eigenvalue weighted by molar-refractivity contribution is 5.33. The average molecular weight is 239 g/mol. The molecule has 0 aliphatic carbocycles. The summed E-state index contributed by atoms with van der Waals surface area (Å²) in [4.78, 5) is 14.3. The van der Waals surface area contributed by atoms with E-state index >= 15 is 0 Å². The summed E-state index contributed by atoms with van der Waals surface area (Å²) >= 11 is 0. The van der Waals surface area contributed by atoms with Gasteiger partial charge in [-0.3, -0.25) is 0 Å². The van der Waals surface area contributed by atoms with Gasteiger partial charge in [0.25, 0.3) is 0 Å². The van der Waals surface area contributed by atoms with E-state index in [2.05, 4.69) is 18.8 Å². The second-order valence-electron chi connectivity index (χ2n) is 4.93. The van der Waals surface area contributed by atoms with Crippen molar-refractivity contribution in [1.29, 1.82) is 0 Å². The number of carbonyl (C=O) groups excluding carboxylic acids is 1. The molecule has 0 amide bonds. The zero-order valence-corrected chi connectivity index (χ0v) is 11.7. The Labute approximate surface area is 107 Å². The zero-order chi connectivity index (χ0) is 12.8. The topological polar surface area (TPSA) is 29.4 Å². The van der Waals surface area contributed by atoms with Crippen LogP contribution in [0.3, 0.4) is 0 Å². The maximum absolute atomic E-state index is 10.3. The van der Waals surface area contributed by atoms with Gasteiger partial charge >= 0.3 is 0 Å². The van der Waals surface area contributed by atoms with Crippen LogP contribution in [0.2, 0.25) is 0 Å². The van der Waals surface area contributed by atoms with E-state index in [1.807, 2.05) is 0 Å². The number of nitrogens with zero attached hydrogens (tertiary/aromatic N) is 1. The SMILES string of the molecule is CCCCCCCC(CCCCCC)N=C=O. The van der Waals surface area contributed by atoms with E-state index in [9.17, 15) is 4.79 Å². The normalized spacial score (nSPS) is 12.1. The molecule has 0 aliphatic heterocycles. The van der Waals surface area contributed by atoms with Crippen LogP contribution in [-0.4, -0.2) is 12.1 Å². The second-order valence-corrected chi connectivity index (χ2v) is 4.93. The fourth-order valence-electron chi connectivity index (χ4n) is 2.14. The van der Waals surface area contributed by atoms with Crippen molar-refractivity contribution in [2.24, 2.45) is 4.99 Å². The molecular formula is C15H29NO. The molecule has 0 aromatic carbocycles. The van der Waals surface area contributed by atoms with Crippen LogP contribution in [0.25, 0.3) is 0 Å². The highest BCUT2D eigenvalue weighted by Gasteiger charge is 2.06. The molecule has 1 atom stereocenters. The van der Waals surface area contributed by atoms with Crippen molar-refractivity contribution in [2.45, 2.75) is 90.5 Å². The Hall–Kier alpha value is -0.620. The molecule has 1 unspecified atom stereocenters. The summed E-state index contributed by atoms with van der Waals surface area (Å²) in [6.45, 7) is 4.45.